The minimum absolute atomic E-state index is 0.102. The van der Waals surface area contributed by atoms with Gasteiger partial charge in [-0.3, -0.25) is 15.0 Å². The van der Waals surface area contributed by atoms with Crippen LogP contribution in [-0.4, -0.2) is 19.9 Å². The fourth-order valence-electron chi connectivity index (χ4n) is 1.13. The number of nitrogens with zero attached hydrogens (tertiary/aromatic N) is 1. The molecule has 7 nitrogen and oxygen atoms in total. The van der Waals surface area contributed by atoms with E-state index >= 15 is 0 Å². The topological polar surface area (TPSA) is 98.5 Å². The zero-order chi connectivity index (χ0) is 14.6. The van der Waals surface area contributed by atoms with E-state index in [0.717, 1.165) is 12.1 Å². The highest BCUT2D eigenvalue weighted by molar-refractivity contribution is 7.89. The predicted molar refractivity (Wildman–Crippen MR) is 64.2 cm³/mol. The number of nitro groups is 1. The van der Waals surface area contributed by atoms with E-state index in [1.165, 1.54) is 0 Å². The molecule has 1 rings (SSSR count). The van der Waals surface area contributed by atoms with Gasteiger partial charge in [0.25, 0.3) is 10.0 Å². The van der Waals surface area contributed by atoms with Gasteiger partial charge in [0.2, 0.25) is 5.82 Å². The average molecular weight is 292 g/mol. The molecule has 0 radical (unpaired) electrons. The first-order chi connectivity index (χ1) is 8.74. The van der Waals surface area contributed by atoms with E-state index in [0.29, 0.717) is 6.07 Å². The highest BCUT2D eigenvalue weighted by Gasteiger charge is 2.21. The molecule has 0 saturated carbocycles. The first kappa shape index (κ1) is 15.5. The number of sulfonamides is 1. The molecule has 9 heteroatoms. The van der Waals surface area contributed by atoms with Crippen molar-refractivity contribution in [1.82, 2.24) is 4.89 Å². The van der Waals surface area contributed by atoms with Gasteiger partial charge in [-0.2, -0.15) is 4.39 Å². The SMILES string of the molecule is CC(C)CONS(=O)(=O)c1ccc(F)c([N+](=O)[O-])c1. The molecule has 0 aliphatic rings. The maximum absolute atomic E-state index is 13.1. The number of hydrogen-bond donors (Lipinski definition) is 1. The van der Waals surface area contributed by atoms with Gasteiger partial charge in [-0.1, -0.05) is 18.7 Å². The van der Waals surface area contributed by atoms with E-state index in [1.54, 1.807) is 0 Å². The van der Waals surface area contributed by atoms with Crippen molar-refractivity contribution in [2.24, 2.45) is 5.92 Å². The first-order valence-corrected chi connectivity index (χ1v) is 6.80. The summed E-state index contributed by atoms with van der Waals surface area (Å²) in [7, 11) is -4.07. The number of nitrogens with one attached hydrogen (secondary N) is 1. The van der Waals surface area contributed by atoms with Gasteiger partial charge in [-0.15, -0.1) is 0 Å². The van der Waals surface area contributed by atoms with E-state index in [1.807, 2.05) is 18.7 Å². The minimum Gasteiger partial charge on any atom is -0.287 e. The molecule has 0 unspecified atom stereocenters. The van der Waals surface area contributed by atoms with E-state index in [2.05, 4.69) is 0 Å². The van der Waals surface area contributed by atoms with Gasteiger partial charge in [-0.05, 0) is 18.1 Å². The van der Waals surface area contributed by atoms with Crippen LogP contribution in [0.1, 0.15) is 13.8 Å². The number of halogens is 1. The van der Waals surface area contributed by atoms with E-state index in [4.69, 9.17) is 4.84 Å². The lowest BCUT2D eigenvalue weighted by Crippen LogP contribution is -2.26. The molecule has 19 heavy (non-hydrogen) atoms. The summed E-state index contributed by atoms with van der Waals surface area (Å²) in [5.74, 6) is -1.00. The van der Waals surface area contributed by atoms with Crippen molar-refractivity contribution in [3.8, 4) is 0 Å². The Kier molecular flexibility index (Phi) is 4.92. The number of rotatable bonds is 6. The summed E-state index contributed by atoms with van der Waals surface area (Å²) in [6.07, 6.45) is 0. The number of hydrogen-bond acceptors (Lipinski definition) is 5. The van der Waals surface area contributed by atoms with Crippen molar-refractivity contribution >= 4 is 15.7 Å². The summed E-state index contributed by atoms with van der Waals surface area (Å²) in [6, 6.07) is 2.27. The van der Waals surface area contributed by atoms with Gasteiger partial charge < -0.3 is 0 Å². The molecule has 1 N–H and O–H groups in total. The van der Waals surface area contributed by atoms with Gasteiger partial charge in [0.05, 0.1) is 16.4 Å². The Balaban J connectivity index is 2.96. The van der Waals surface area contributed by atoms with Crippen molar-refractivity contribution in [2.75, 3.05) is 6.61 Å². The lowest BCUT2D eigenvalue weighted by atomic mass is 10.2. The lowest BCUT2D eigenvalue weighted by molar-refractivity contribution is -0.387. The molecule has 0 aromatic heterocycles. The maximum Gasteiger partial charge on any atom is 0.306 e. The third kappa shape index (κ3) is 4.23. The zero-order valence-corrected chi connectivity index (χ0v) is 11.1. The third-order valence-electron chi connectivity index (χ3n) is 2.01. The standard InChI is InChI=1S/C10H13FN2O5S/c1-7(2)6-18-12-19(16,17)8-3-4-9(11)10(5-8)13(14)15/h3-5,7,12H,6H2,1-2H3. The van der Waals surface area contributed by atoms with Crippen LogP contribution < -0.4 is 4.89 Å². The third-order valence-corrected chi connectivity index (χ3v) is 3.22. The smallest absolute Gasteiger partial charge is 0.287 e. The van der Waals surface area contributed by atoms with E-state index in [9.17, 15) is 22.9 Å². The number of benzene rings is 1. The van der Waals surface area contributed by atoms with Crippen molar-refractivity contribution < 1.29 is 22.6 Å². The molecule has 0 saturated heterocycles. The Morgan fingerprint density at radius 1 is 1.47 bits per heavy atom. The molecule has 0 aliphatic carbocycles. The summed E-state index contributed by atoms with van der Waals surface area (Å²) < 4.78 is 36.5. The zero-order valence-electron chi connectivity index (χ0n) is 10.3. The van der Waals surface area contributed by atoms with Crippen LogP contribution in [0.5, 0.6) is 0 Å². The molecular weight excluding hydrogens is 279 g/mol. The molecule has 0 fully saturated rings. The molecule has 0 atom stereocenters. The van der Waals surface area contributed by atoms with Crippen molar-refractivity contribution in [3.63, 3.8) is 0 Å². The van der Waals surface area contributed by atoms with Crippen LogP contribution in [0.25, 0.3) is 0 Å². The molecule has 1 aromatic rings. The van der Waals surface area contributed by atoms with Crippen LogP contribution in [0.2, 0.25) is 0 Å². The van der Waals surface area contributed by atoms with Crippen molar-refractivity contribution in [3.05, 3.63) is 34.1 Å². The molecule has 106 valence electrons. The summed E-state index contributed by atoms with van der Waals surface area (Å²) in [4.78, 5) is 15.6. The molecule has 0 aliphatic heterocycles. The lowest BCUT2D eigenvalue weighted by Gasteiger charge is -2.08. The second-order valence-electron chi connectivity index (χ2n) is 4.16. The Hall–Kier alpha value is -1.58. The highest BCUT2D eigenvalue weighted by Crippen LogP contribution is 2.21. The van der Waals surface area contributed by atoms with Crippen LogP contribution in [0.3, 0.4) is 0 Å². The van der Waals surface area contributed by atoms with Crippen LogP contribution in [0.15, 0.2) is 23.1 Å². The molecular formula is C10H13FN2O5S. The van der Waals surface area contributed by atoms with Crippen molar-refractivity contribution in [1.29, 1.82) is 0 Å². The monoisotopic (exact) mass is 292 g/mol. The molecule has 0 amide bonds. The summed E-state index contributed by atoms with van der Waals surface area (Å²) in [5, 5.41) is 10.5. The highest BCUT2D eigenvalue weighted by atomic mass is 32.2. The van der Waals surface area contributed by atoms with E-state index in [-0.39, 0.29) is 12.5 Å². The number of nitro benzene ring substituents is 1. The first-order valence-electron chi connectivity index (χ1n) is 5.31. The maximum atomic E-state index is 13.1. The quantitative estimate of drug-likeness (QED) is 0.634. The molecule has 0 bridgehead atoms. The van der Waals surface area contributed by atoms with Crippen LogP contribution in [0.4, 0.5) is 10.1 Å². The van der Waals surface area contributed by atoms with E-state index < -0.39 is 31.3 Å². The second kappa shape index (κ2) is 6.04. The van der Waals surface area contributed by atoms with Gasteiger partial charge in [-0.25, -0.2) is 8.42 Å². The predicted octanol–water partition coefficient (Wildman–Crippen LogP) is 1.60. The normalized spacial score (nSPS) is 11.8. The Morgan fingerprint density at radius 3 is 2.63 bits per heavy atom. The van der Waals surface area contributed by atoms with Gasteiger partial charge in [0.1, 0.15) is 0 Å². The van der Waals surface area contributed by atoms with Gasteiger partial charge >= 0.3 is 5.69 Å². The van der Waals surface area contributed by atoms with Crippen LogP contribution >= 0.6 is 0 Å². The Labute approximate surface area is 109 Å². The molecule has 0 spiro atoms. The summed E-state index contributed by atoms with van der Waals surface area (Å²) in [6.45, 7) is 3.77. The summed E-state index contributed by atoms with van der Waals surface area (Å²) in [5.41, 5.74) is -0.910. The van der Waals surface area contributed by atoms with Gasteiger partial charge in [0.15, 0.2) is 0 Å². The Bertz CT molecular complexity index is 573. The average Bonchev–Trinajstić information content (AvgIpc) is 2.27. The fraction of sp³-hybridized carbons (Fsp3) is 0.400. The van der Waals surface area contributed by atoms with Crippen molar-refractivity contribution in [2.45, 2.75) is 18.7 Å². The molecule has 0 heterocycles. The van der Waals surface area contributed by atoms with Crippen LogP contribution in [0, 0.1) is 21.8 Å². The second-order valence-corrected chi connectivity index (χ2v) is 5.81. The summed E-state index contributed by atoms with van der Waals surface area (Å²) >= 11 is 0. The van der Waals surface area contributed by atoms with Gasteiger partial charge in [0, 0.05) is 6.07 Å². The molecule has 1 aromatic carbocycles. The largest absolute Gasteiger partial charge is 0.306 e. The van der Waals surface area contributed by atoms with Crippen LogP contribution in [-0.2, 0) is 14.9 Å². The fourth-order valence-corrected chi connectivity index (χ4v) is 1.96. The minimum atomic E-state index is -4.07. The Morgan fingerprint density at radius 2 is 2.11 bits per heavy atom.